The maximum absolute atomic E-state index is 14.3. The molecule has 0 atom stereocenters. The van der Waals surface area contributed by atoms with E-state index in [1.807, 2.05) is 18.2 Å². The Kier molecular flexibility index (Phi) is 3.26. The van der Waals surface area contributed by atoms with Crippen LogP contribution in [-0.4, -0.2) is 5.78 Å². The summed E-state index contributed by atoms with van der Waals surface area (Å²) in [4.78, 5) is 12.2. The van der Waals surface area contributed by atoms with Crippen LogP contribution < -0.4 is 0 Å². The lowest BCUT2D eigenvalue weighted by Crippen LogP contribution is -2.26. The Morgan fingerprint density at radius 2 is 1.38 bits per heavy atom. The number of hydrogen-bond acceptors (Lipinski definition) is 1. The molecule has 1 nitrogen and oxygen atoms in total. The van der Waals surface area contributed by atoms with Gasteiger partial charge >= 0.3 is 5.92 Å². The van der Waals surface area contributed by atoms with Crippen LogP contribution in [0.25, 0.3) is 10.8 Å². The highest BCUT2D eigenvalue weighted by Gasteiger charge is 2.41. The van der Waals surface area contributed by atoms with Crippen LogP contribution in [0.1, 0.15) is 15.9 Å². The van der Waals surface area contributed by atoms with E-state index < -0.39 is 11.7 Å². The number of hydrogen-bond donors (Lipinski definition) is 0. The van der Waals surface area contributed by atoms with Gasteiger partial charge in [-0.05, 0) is 16.8 Å². The molecule has 3 heteroatoms. The summed E-state index contributed by atoms with van der Waals surface area (Å²) < 4.78 is 28.6. The molecular weight excluding hydrogens is 270 g/mol. The quantitative estimate of drug-likeness (QED) is 0.630. The lowest BCUT2D eigenvalue weighted by Gasteiger charge is -2.15. The molecule has 0 aliphatic carbocycles. The molecule has 0 saturated heterocycles. The van der Waals surface area contributed by atoms with E-state index in [-0.39, 0.29) is 11.1 Å². The van der Waals surface area contributed by atoms with E-state index in [2.05, 4.69) is 0 Å². The molecule has 0 spiro atoms. The largest absolute Gasteiger partial charge is 0.334 e. The van der Waals surface area contributed by atoms with Crippen molar-refractivity contribution in [2.45, 2.75) is 5.92 Å². The van der Waals surface area contributed by atoms with E-state index in [1.165, 1.54) is 36.4 Å². The van der Waals surface area contributed by atoms with Crippen molar-refractivity contribution in [2.24, 2.45) is 0 Å². The van der Waals surface area contributed by atoms with Gasteiger partial charge in [0.1, 0.15) is 0 Å². The molecule has 104 valence electrons. The van der Waals surface area contributed by atoms with Crippen LogP contribution >= 0.6 is 0 Å². The maximum Gasteiger partial charge on any atom is 0.334 e. The van der Waals surface area contributed by atoms with Gasteiger partial charge in [0.05, 0.1) is 0 Å². The predicted octanol–water partition coefficient (Wildman–Crippen LogP) is 4.81. The maximum atomic E-state index is 14.3. The minimum atomic E-state index is -3.52. The Bertz CT molecular complexity index is 794. The molecule has 0 fully saturated rings. The molecule has 0 radical (unpaired) electrons. The Hall–Kier alpha value is -2.55. The van der Waals surface area contributed by atoms with E-state index in [1.54, 1.807) is 18.2 Å². The number of halogens is 2. The van der Waals surface area contributed by atoms with Crippen LogP contribution in [0.15, 0.2) is 72.8 Å². The van der Waals surface area contributed by atoms with Crippen molar-refractivity contribution in [3.63, 3.8) is 0 Å². The van der Waals surface area contributed by atoms with Crippen LogP contribution in [-0.2, 0) is 5.92 Å². The molecule has 3 aromatic rings. The number of fused-ring (bicyclic) bond motifs is 1. The number of benzene rings is 3. The van der Waals surface area contributed by atoms with E-state index in [0.29, 0.717) is 0 Å². The topological polar surface area (TPSA) is 17.1 Å². The number of ketones is 1. The molecule has 0 aliphatic rings. The third-order valence-corrected chi connectivity index (χ3v) is 3.43. The van der Waals surface area contributed by atoms with Crippen LogP contribution in [0.2, 0.25) is 0 Å². The molecule has 0 heterocycles. The zero-order chi connectivity index (χ0) is 14.9. The first-order valence-corrected chi connectivity index (χ1v) is 6.56. The minimum Gasteiger partial charge on any atom is -0.287 e. The van der Waals surface area contributed by atoms with Crippen LogP contribution in [0.5, 0.6) is 0 Å². The summed E-state index contributed by atoms with van der Waals surface area (Å²) in [7, 11) is 0. The van der Waals surface area contributed by atoms with Gasteiger partial charge in [-0.1, -0.05) is 66.7 Å². The van der Waals surface area contributed by atoms with Gasteiger partial charge in [0.2, 0.25) is 5.78 Å². The summed E-state index contributed by atoms with van der Waals surface area (Å²) in [6.07, 6.45) is 0. The van der Waals surface area contributed by atoms with Gasteiger partial charge in [-0.25, -0.2) is 0 Å². The van der Waals surface area contributed by atoms with E-state index in [9.17, 15) is 13.6 Å². The highest BCUT2D eigenvalue weighted by molar-refractivity contribution is 6.04. The zero-order valence-electron chi connectivity index (χ0n) is 11.1. The molecular formula is C18H12F2O. The van der Waals surface area contributed by atoms with Crippen LogP contribution in [0.3, 0.4) is 0 Å². The van der Waals surface area contributed by atoms with Gasteiger partial charge < -0.3 is 0 Å². The first-order valence-electron chi connectivity index (χ1n) is 6.56. The lowest BCUT2D eigenvalue weighted by atomic mass is 9.97. The smallest absolute Gasteiger partial charge is 0.287 e. The fourth-order valence-electron chi connectivity index (χ4n) is 2.29. The van der Waals surface area contributed by atoms with Crippen molar-refractivity contribution >= 4 is 16.6 Å². The summed E-state index contributed by atoms with van der Waals surface area (Å²) in [6.45, 7) is 0. The van der Waals surface area contributed by atoms with Crippen LogP contribution in [0.4, 0.5) is 8.78 Å². The molecule has 3 rings (SSSR count). The van der Waals surface area contributed by atoms with E-state index >= 15 is 0 Å². The predicted molar refractivity (Wildman–Crippen MR) is 78.6 cm³/mol. The number of Topliss-reactive ketones (excluding diaryl/α,β-unsaturated/α-hetero) is 1. The third kappa shape index (κ3) is 2.42. The first kappa shape index (κ1) is 13.4. The van der Waals surface area contributed by atoms with E-state index in [0.717, 1.165) is 10.8 Å². The van der Waals surface area contributed by atoms with Crippen LogP contribution in [0, 0.1) is 0 Å². The number of carbonyl (C=O) groups excluding carboxylic acids is 1. The standard InChI is InChI=1S/C18H12F2O/c19-18(20,16-8-2-1-3-9-16)17(21)15-11-10-13-6-4-5-7-14(13)12-15/h1-12H. The fourth-order valence-corrected chi connectivity index (χ4v) is 2.29. The van der Waals surface area contributed by atoms with Gasteiger partial charge in [0.25, 0.3) is 0 Å². The normalized spacial score (nSPS) is 11.5. The Morgan fingerprint density at radius 3 is 2.10 bits per heavy atom. The highest BCUT2D eigenvalue weighted by Crippen LogP contribution is 2.32. The van der Waals surface area contributed by atoms with Crippen molar-refractivity contribution in [2.75, 3.05) is 0 Å². The fraction of sp³-hybridized carbons (Fsp3) is 0.0556. The Labute approximate surface area is 120 Å². The van der Waals surface area contributed by atoms with Crippen molar-refractivity contribution in [3.05, 3.63) is 83.9 Å². The van der Waals surface area contributed by atoms with Crippen molar-refractivity contribution in [1.82, 2.24) is 0 Å². The summed E-state index contributed by atoms with van der Waals surface area (Å²) in [5.41, 5.74) is -0.272. The van der Waals surface area contributed by atoms with Crippen molar-refractivity contribution in [1.29, 1.82) is 0 Å². The second-order valence-corrected chi connectivity index (χ2v) is 4.83. The third-order valence-electron chi connectivity index (χ3n) is 3.43. The average molecular weight is 282 g/mol. The monoisotopic (exact) mass is 282 g/mol. The van der Waals surface area contributed by atoms with Gasteiger partial charge in [-0.15, -0.1) is 0 Å². The molecule has 21 heavy (non-hydrogen) atoms. The molecule has 0 aliphatic heterocycles. The molecule has 0 N–H and O–H groups in total. The lowest BCUT2D eigenvalue weighted by molar-refractivity contribution is 0.00745. The van der Waals surface area contributed by atoms with Gasteiger partial charge in [-0.3, -0.25) is 4.79 Å². The highest BCUT2D eigenvalue weighted by atomic mass is 19.3. The molecule has 0 unspecified atom stereocenters. The summed E-state index contributed by atoms with van der Waals surface area (Å²) in [5.74, 6) is -4.71. The number of carbonyl (C=O) groups is 1. The SMILES string of the molecule is O=C(c1ccc2ccccc2c1)C(F)(F)c1ccccc1. The molecule has 0 saturated carbocycles. The van der Waals surface area contributed by atoms with E-state index in [4.69, 9.17) is 0 Å². The van der Waals surface area contributed by atoms with Crippen molar-refractivity contribution < 1.29 is 13.6 Å². The molecule has 0 aromatic heterocycles. The number of alkyl halides is 2. The average Bonchev–Trinajstić information content (AvgIpc) is 2.54. The summed E-state index contributed by atoms with van der Waals surface area (Å²) in [5, 5.41) is 1.68. The van der Waals surface area contributed by atoms with Gasteiger partial charge in [0, 0.05) is 11.1 Å². The van der Waals surface area contributed by atoms with Gasteiger partial charge in [-0.2, -0.15) is 8.78 Å². The molecule has 0 bridgehead atoms. The van der Waals surface area contributed by atoms with Crippen molar-refractivity contribution in [3.8, 4) is 0 Å². The second-order valence-electron chi connectivity index (χ2n) is 4.83. The number of rotatable bonds is 3. The molecule has 3 aromatic carbocycles. The first-order chi connectivity index (χ1) is 10.1. The second kappa shape index (κ2) is 5.09. The molecule has 0 amide bonds. The summed E-state index contributed by atoms with van der Waals surface area (Å²) in [6, 6.07) is 19.1. The minimum absolute atomic E-state index is 0.0163. The zero-order valence-corrected chi connectivity index (χ0v) is 11.1. The summed E-state index contributed by atoms with van der Waals surface area (Å²) >= 11 is 0. The van der Waals surface area contributed by atoms with Gasteiger partial charge in [0.15, 0.2) is 0 Å². The Morgan fingerprint density at radius 1 is 0.762 bits per heavy atom. The Balaban J connectivity index is 2.03.